The van der Waals surface area contributed by atoms with Gasteiger partial charge in [0.15, 0.2) is 0 Å². The van der Waals surface area contributed by atoms with Crippen LogP contribution in [0.5, 0.6) is 0 Å². The first-order chi connectivity index (χ1) is 11.8. The maximum Gasteiger partial charge on any atom is 0.103 e. The molecule has 1 N–H and O–H groups in total. The average molecular weight is 329 g/mol. The van der Waals surface area contributed by atoms with Crippen molar-refractivity contribution in [2.24, 2.45) is 13.0 Å². The summed E-state index contributed by atoms with van der Waals surface area (Å²) in [7, 11) is 3.74. The van der Waals surface area contributed by atoms with Crippen LogP contribution in [0.25, 0.3) is 0 Å². The highest BCUT2D eigenvalue weighted by atomic mass is 16.5. The van der Waals surface area contributed by atoms with Crippen molar-refractivity contribution in [3.05, 3.63) is 53.9 Å². The summed E-state index contributed by atoms with van der Waals surface area (Å²) in [6.45, 7) is 2.45. The summed E-state index contributed by atoms with van der Waals surface area (Å²) in [6.07, 6.45) is 4.02. The van der Waals surface area contributed by atoms with Gasteiger partial charge in [0, 0.05) is 45.5 Å². The third-order valence-electron chi connectivity index (χ3n) is 4.73. The molecule has 1 aliphatic rings. The van der Waals surface area contributed by atoms with Crippen molar-refractivity contribution in [2.45, 2.75) is 25.0 Å². The highest BCUT2D eigenvalue weighted by molar-refractivity contribution is 5.16. The van der Waals surface area contributed by atoms with Crippen molar-refractivity contribution in [3.8, 4) is 0 Å². The molecular formula is C19H27N3O2. The van der Waals surface area contributed by atoms with Crippen LogP contribution in [-0.2, 0) is 22.9 Å². The average Bonchev–Trinajstić information content (AvgIpc) is 3.22. The van der Waals surface area contributed by atoms with Gasteiger partial charge in [-0.15, -0.1) is 0 Å². The SMILES string of the molecule is COCC(Cc1ccccc1)NC[C@@H]1CCO[C@H]1c1ccnn1C. The summed E-state index contributed by atoms with van der Waals surface area (Å²) in [4.78, 5) is 0. The van der Waals surface area contributed by atoms with Crippen LogP contribution in [0.1, 0.15) is 23.8 Å². The number of hydrogen-bond acceptors (Lipinski definition) is 4. The molecule has 1 aromatic carbocycles. The third-order valence-corrected chi connectivity index (χ3v) is 4.73. The third kappa shape index (κ3) is 4.23. The zero-order chi connectivity index (χ0) is 16.8. The molecule has 3 rings (SSSR count). The van der Waals surface area contributed by atoms with Gasteiger partial charge >= 0.3 is 0 Å². The Hall–Kier alpha value is -1.69. The number of nitrogens with zero attached hydrogens (tertiary/aromatic N) is 2. The largest absolute Gasteiger partial charge is 0.383 e. The molecule has 2 aromatic rings. The monoisotopic (exact) mass is 329 g/mol. The lowest BCUT2D eigenvalue weighted by Gasteiger charge is -2.23. The fraction of sp³-hybridized carbons (Fsp3) is 0.526. The maximum absolute atomic E-state index is 5.97. The Labute approximate surface area is 144 Å². The van der Waals surface area contributed by atoms with E-state index in [2.05, 4.69) is 46.8 Å². The molecule has 0 radical (unpaired) electrons. The molecule has 0 spiro atoms. The van der Waals surface area contributed by atoms with Crippen molar-refractivity contribution in [3.63, 3.8) is 0 Å². The van der Waals surface area contributed by atoms with Gasteiger partial charge in [-0.05, 0) is 24.5 Å². The van der Waals surface area contributed by atoms with Crippen molar-refractivity contribution in [1.82, 2.24) is 15.1 Å². The molecule has 1 unspecified atom stereocenters. The second kappa shape index (κ2) is 8.42. The highest BCUT2D eigenvalue weighted by Gasteiger charge is 2.31. The summed E-state index contributed by atoms with van der Waals surface area (Å²) < 4.78 is 13.3. The van der Waals surface area contributed by atoms with Gasteiger partial charge in [0.2, 0.25) is 0 Å². The molecular weight excluding hydrogens is 302 g/mol. The Kier molecular flexibility index (Phi) is 6.01. The molecule has 24 heavy (non-hydrogen) atoms. The van der Waals surface area contributed by atoms with Crippen LogP contribution in [0.15, 0.2) is 42.6 Å². The summed E-state index contributed by atoms with van der Waals surface area (Å²) >= 11 is 0. The Balaban J connectivity index is 1.58. The summed E-state index contributed by atoms with van der Waals surface area (Å²) in [5, 5.41) is 7.96. The zero-order valence-corrected chi connectivity index (χ0v) is 14.5. The van der Waals surface area contributed by atoms with Gasteiger partial charge in [-0.2, -0.15) is 5.10 Å². The molecule has 0 amide bonds. The lowest BCUT2D eigenvalue weighted by Crippen LogP contribution is -2.39. The van der Waals surface area contributed by atoms with E-state index in [9.17, 15) is 0 Å². The minimum atomic E-state index is 0.130. The number of ether oxygens (including phenoxy) is 2. The Morgan fingerprint density at radius 1 is 1.33 bits per heavy atom. The minimum absolute atomic E-state index is 0.130. The van der Waals surface area contributed by atoms with E-state index in [4.69, 9.17) is 9.47 Å². The number of aromatic nitrogens is 2. The van der Waals surface area contributed by atoms with Crippen LogP contribution in [-0.4, -0.2) is 42.7 Å². The number of nitrogens with one attached hydrogen (secondary N) is 1. The Bertz CT molecular complexity index is 614. The topological polar surface area (TPSA) is 48.3 Å². The summed E-state index contributed by atoms with van der Waals surface area (Å²) in [5.74, 6) is 0.468. The van der Waals surface area contributed by atoms with E-state index in [1.54, 1.807) is 7.11 Å². The first-order valence-corrected chi connectivity index (χ1v) is 8.63. The molecule has 0 bridgehead atoms. The Morgan fingerprint density at radius 3 is 2.88 bits per heavy atom. The number of hydrogen-bond donors (Lipinski definition) is 1. The molecule has 130 valence electrons. The van der Waals surface area contributed by atoms with Gasteiger partial charge in [-0.25, -0.2) is 0 Å². The minimum Gasteiger partial charge on any atom is -0.383 e. The van der Waals surface area contributed by atoms with Crippen LogP contribution < -0.4 is 5.32 Å². The predicted octanol–water partition coefficient (Wildman–Crippen LogP) is 2.34. The standard InChI is InChI=1S/C19H27N3O2/c1-22-18(8-10-21-22)19-16(9-11-24-19)13-20-17(14-23-2)12-15-6-4-3-5-7-15/h3-8,10,16-17,19-20H,9,11-14H2,1-2H3/t16-,17?,19+/m0/s1. The smallest absolute Gasteiger partial charge is 0.103 e. The Morgan fingerprint density at radius 2 is 2.17 bits per heavy atom. The normalized spacial score (nSPS) is 21.9. The predicted molar refractivity (Wildman–Crippen MR) is 93.8 cm³/mol. The van der Waals surface area contributed by atoms with Crippen LogP contribution in [0, 0.1) is 5.92 Å². The van der Waals surface area contributed by atoms with E-state index in [0.29, 0.717) is 18.6 Å². The number of rotatable bonds is 8. The van der Waals surface area contributed by atoms with Gasteiger partial charge in [0.05, 0.1) is 12.3 Å². The molecule has 1 aliphatic heterocycles. The molecule has 1 fully saturated rings. The van der Waals surface area contributed by atoms with E-state index < -0.39 is 0 Å². The highest BCUT2D eigenvalue weighted by Crippen LogP contribution is 2.33. The molecule has 1 aromatic heterocycles. The number of benzene rings is 1. The molecule has 5 heteroatoms. The second-order valence-electron chi connectivity index (χ2n) is 6.47. The maximum atomic E-state index is 5.97. The molecule has 3 atom stereocenters. The van der Waals surface area contributed by atoms with Crippen LogP contribution in [0.4, 0.5) is 0 Å². The molecule has 0 saturated carbocycles. The lowest BCUT2D eigenvalue weighted by molar-refractivity contribution is 0.0814. The van der Waals surface area contributed by atoms with E-state index in [-0.39, 0.29) is 6.10 Å². The van der Waals surface area contributed by atoms with Gasteiger partial charge in [-0.3, -0.25) is 4.68 Å². The van der Waals surface area contributed by atoms with E-state index in [1.807, 2.05) is 17.9 Å². The second-order valence-corrected chi connectivity index (χ2v) is 6.47. The quantitative estimate of drug-likeness (QED) is 0.808. The number of aryl methyl sites for hydroxylation is 1. The fourth-order valence-electron chi connectivity index (χ4n) is 3.44. The zero-order valence-electron chi connectivity index (χ0n) is 14.5. The van der Waals surface area contributed by atoms with Crippen molar-refractivity contribution >= 4 is 0 Å². The van der Waals surface area contributed by atoms with Gasteiger partial charge < -0.3 is 14.8 Å². The molecule has 0 aliphatic carbocycles. The van der Waals surface area contributed by atoms with Gasteiger partial charge in [0.1, 0.15) is 6.10 Å². The molecule has 2 heterocycles. The summed E-state index contributed by atoms with van der Waals surface area (Å²) in [6, 6.07) is 12.9. The molecule has 1 saturated heterocycles. The summed E-state index contributed by atoms with van der Waals surface area (Å²) in [5.41, 5.74) is 2.49. The van der Waals surface area contributed by atoms with Crippen LogP contribution in [0.3, 0.4) is 0 Å². The fourth-order valence-corrected chi connectivity index (χ4v) is 3.44. The van der Waals surface area contributed by atoms with Gasteiger partial charge in [-0.1, -0.05) is 30.3 Å². The van der Waals surface area contributed by atoms with Crippen LogP contribution in [0.2, 0.25) is 0 Å². The van der Waals surface area contributed by atoms with Crippen molar-refractivity contribution in [1.29, 1.82) is 0 Å². The van der Waals surface area contributed by atoms with Crippen molar-refractivity contribution < 1.29 is 9.47 Å². The van der Waals surface area contributed by atoms with E-state index >= 15 is 0 Å². The van der Waals surface area contributed by atoms with Crippen molar-refractivity contribution in [2.75, 3.05) is 26.9 Å². The van der Waals surface area contributed by atoms with Crippen LogP contribution >= 0.6 is 0 Å². The van der Waals surface area contributed by atoms with E-state index in [0.717, 1.165) is 31.7 Å². The lowest BCUT2D eigenvalue weighted by atomic mass is 9.98. The first-order valence-electron chi connectivity index (χ1n) is 8.63. The van der Waals surface area contributed by atoms with Gasteiger partial charge in [0.25, 0.3) is 0 Å². The number of methoxy groups -OCH3 is 1. The van der Waals surface area contributed by atoms with E-state index in [1.165, 1.54) is 5.56 Å². The first kappa shape index (κ1) is 17.1. The molecule has 5 nitrogen and oxygen atoms in total.